The molecule has 0 radical (unpaired) electrons. The molecular formula is C20H31F2N5OS. The van der Waals surface area contributed by atoms with E-state index in [0.717, 1.165) is 19.5 Å². The Morgan fingerprint density at radius 3 is 2.55 bits per heavy atom. The number of carbonyl (C=O) groups excluding carboxylic acids is 1. The third-order valence-corrected chi connectivity index (χ3v) is 8.72. The molecule has 29 heavy (non-hydrogen) atoms. The molecular weight excluding hydrogens is 396 g/mol. The lowest BCUT2D eigenvalue weighted by molar-refractivity contribution is -0.0398. The van der Waals surface area contributed by atoms with Crippen LogP contribution in [0.5, 0.6) is 0 Å². The summed E-state index contributed by atoms with van der Waals surface area (Å²) in [6.45, 7) is 3.47. The van der Waals surface area contributed by atoms with Crippen LogP contribution in [0, 0.1) is 0 Å². The van der Waals surface area contributed by atoms with Gasteiger partial charge in [-0.3, -0.25) is 4.90 Å². The molecule has 5 rings (SSSR count). The van der Waals surface area contributed by atoms with Crippen LogP contribution in [0.15, 0.2) is 10.6 Å². The Bertz CT molecular complexity index is 678. The number of nitrogens with zero attached hydrogens (tertiary/aromatic N) is 3. The lowest BCUT2D eigenvalue weighted by atomic mass is 9.92. The molecule has 0 spiro atoms. The maximum atomic E-state index is 13.4. The summed E-state index contributed by atoms with van der Waals surface area (Å²) < 4.78 is 26.7. The highest BCUT2D eigenvalue weighted by molar-refractivity contribution is 8.03. The lowest BCUT2D eigenvalue weighted by Gasteiger charge is -2.42. The van der Waals surface area contributed by atoms with Gasteiger partial charge in [-0.25, -0.2) is 13.6 Å². The molecule has 3 fully saturated rings. The van der Waals surface area contributed by atoms with Crippen LogP contribution in [0.4, 0.5) is 13.6 Å². The highest BCUT2D eigenvalue weighted by atomic mass is 32.2. The van der Waals surface area contributed by atoms with E-state index >= 15 is 0 Å². The van der Waals surface area contributed by atoms with Gasteiger partial charge in [-0.15, -0.1) is 0 Å². The van der Waals surface area contributed by atoms with Crippen molar-refractivity contribution in [3.05, 3.63) is 10.6 Å². The van der Waals surface area contributed by atoms with E-state index in [-0.39, 0.29) is 24.9 Å². The van der Waals surface area contributed by atoms with Gasteiger partial charge in [0.05, 0.1) is 6.54 Å². The van der Waals surface area contributed by atoms with Crippen molar-refractivity contribution in [3.63, 3.8) is 0 Å². The number of piperazine rings is 1. The predicted octanol–water partition coefficient (Wildman–Crippen LogP) is 2.59. The number of hydrogen-bond acceptors (Lipinski definition) is 5. The SMILES string of the molecule is CN1C2=C(CN(C(=O)NC3CCC(F)(F)CC3)CC2)SC1N1C2CCC1CNC2. The van der Waals surface area contributed by atoms with Crippen LogP contribution < -0.4 is 10.6 Å². The summed E-state index contributed by atoms with van der Waals surface area (Å²) in [7, 11) is 2.19. The van der Waals surface area contributed by atoms with Gasteiger partial charge in [0, 0.05) is 74.7 Å². The molecule has 4 aliphatic heterocycles. The summed E-state index contributed by atoms with van der Waals surface area (Å²) in [5.74, 6) is -2.56. The second kappa shape index (κ2) is 7.57. The van der Waals surface area contributed by atoms with Crippen LogP contribution in [0.2, 0.25) is 0 Å². The molecule has 0 aromatic carbocycles. The van der Waals surface area contributed by atoms with Crippen molar-refractivity contribution in [3.8, 4) is 0 Å². The van der Waals surface area contributed by atoms with Crippen LogP contribution in [-0.4, -0.2) is 83.5 Å². The molecule has 3 unspecified atom stereocenters. The van der Waals surface area contributed by atoms with Crippen molar-refractivity contribution in [2.45, 2.75) is 74.5 Å². The van der Waals surface area contributed by atoms with Crippen molar-refractivity contribution in [2.75, 3.05) is 33.2 Å². The Kier molecular flexibility index (Phi) is 5.19. The maximum Gasteiger partial charge on any atom is 0.317 e. The second-order valence-electron chi connectivity index (χ2n) is 9.17. The summed E-state index contributed by atoms with van der Waals surface area (Å²) in [5.41, 5.74) is 1.71. The van der Waals surface area contributed by atoms with Crippen molar-refractivity contribution in [1.29, 1.82) is 0 Å². The molecule has 4 heterocycles. The number of nitrogens with one attached hydrogen (secondary N) is 2. The van der Waals surface area contributed by atoms with Crippen molar-refractivity contribution in [1.82, 2.24) is 25.3 Å². The molecule has 3 atom stereocenters. The Hall–Kier alpha value is -1.06. The molecule has 5 aliphatic rings. The van der Waals surface area contributed by atoms with E-state index in [1.807, 2.05) is 16.7 Å². The molecule has 0 aromatic heterocycles. The minimum Gasteiger partial charge on any atom is -0.352 e. The molecule has 9 heteroatoms. The highest BCUT2D eigenvalue weighted by Gasteiger charge is 2.46. The molecule has 1 saturated carbocycles. The quantitative estimate of drug-likeness (QED) is 0.710. The van der Waals surface area contributed by atoms with Crippen LogP contribution in [0.3, 0.4) is 0 Å². The van der Waals surface area contributed by atoms with E-state index in [4.69, 9.17) is 0 Å². The number of halogens is 2. The van der Waals surface area contributed by atoms with E-state index in [1.54, 1.807) is 0 Å². The largest absolute Gasteiger partial charge is 0.352 e. The van der Waals surface area contributed by atoms with Gasteiger partial charge in [0.2, 0.25) is 5.92 Å². The zero-order valence-electron chi connectivity index (χ0n) is 17.0. The molecule has 1 aliphatic carbocycles. The minimum atomic E-state index is -2.56. The van der Waals surface area contributed by atoms with E-state index < -0.39 is 5.92 Å². The Labute approximate surface area is 175 Å². The van der Waals surface area contributed by atoms with E-state index in [9.17, 15) is 13.6 Å². The van der Waals surface area contributed by atoms with Crippen molar-refractivity contribution >= 4 is 17.8 Å². The average molecular weight is 428 g/mol. The second-order valence-corrected chi connectivity index (χ2v) is 10.3. The fourth-order valence-electron chi connectivity index (χ4n) is 5.60. The first-order valence-corrected chi connectivity index (χ1v) is 11.8. The first-order valence-electron chi connectivity index (χ1n) is 10.9. The molecule has 6 nitrogen and oxygen atoms in total. The van der Waals surface area contributed by atoms with Crippen LogP contribution in [0.25, 0.3) is 0 Å². The third kappa shape index (κ3) is 3.74. The Morgan fingerprint density at radius 1 is 1.17 bits per heavy atom. The topological polar surface area (TPSA) is 50.9 Å². The molecule has 2 N–H and O–H groups in total. The third-order valence-electron chi connectivity index (χ3n) is 7.30. The summed E-state index contributed by atoms with van der Waals surface area (Å²) in [5, 5.41) is 6.56. The predicted molar refractivity (Wildman–Crippen MR) is 110 cm³/mol. The summed E-state index contributed by atoms with van der Waals surface area (Å²) >= 11 is 1.91. The minimum absolute atomic E-state index is 0.0966. The van der Waals surface area contributed by atoms with Crippen LogP contribution >= 0.6 is 11.8 Å². The number of thioether (sulfide) groups is 1. The number of rotatable bonds is 2. The number of fused-ring (bicyclic) bond motifs is 2. The van der Waals surface area contributed by atoms with E-state index in [1.165, 1.54) is 23.4 Å². The summed E-state index contributed by atoms with van der Waals surface area (Å²) in [6, 6.07) is 0.999. The molecule has 2 amide bonds. The number of amides is 2. The normalized spacial score (nSPS) is 35.2. The van der Waals surface area contributed by atoms with Gasteiger partial charge in [-0.2, -0.15) is 0 Å². The summed E-state index contributed by atoms with van der Waals surface area (Å²) in [4.78, 5) is 21.0. The average Bonchev–Trinajstić information content (AvgIpc) is 3.14. The Morgan fingerprint density at radius 2 is 1.86 bits per heavy atom. The van der Waals surface area contributed by atoms with Gasteiger partial charge in [-0.1, -0.05) is 11.8 Å². The molecule has 162 valence electrons. The van der Waals surface area contributed by atoms with E-state index in [2.05, 4.69) is 27.5 Å². The number of urea groups is 1. The number of carbonyl (C=O) groups is 1. The monoisotopic (exact) mass is 427 g/mol. The highest BCUT2D eigenvalue weighted by Crippen LogP contribution is 2.46. The molecule has 2 saturated heterocycles. The fourth-order valence-corrected chi connectivity index (χ4v) is 7.22. The first-order chi connectivity index (χ1) is 13.9. The zero-order chi connectivity index (χ0) is 20.2. The molecule has 0 aromatic rings. The van der Waals surface area contributed by atoms with Gasteiger partial charge < -0.3 is 20.4 Å². The smallest absolute Gasteiger partial charge is 0.317 e. The van der Waals surface area contributed by atoms with Gasteiger partial charge in [0.15, 0.2) is 0 Å². The standard InChI is InChI=1S/C20H31F2N5OS/c1-25-16-6-9-26(18(28)24-13-4-7-20(21,22)8-5-13)12-17(16)29-19(25)27-14-2-3-15(27)11-23-10-14/h13-15,19,23H,2-12H2,1H3,(H,24,28). The van der Waals surface area contributed by atoms with Crippen LogP contribution in [-0.2, 0) is 0 Å². The molecule has 2 bridgehead atoms. The zero-order valence-corrected chi connectivity index (χ0v) is 17.8. The number of alkyl halides is 2. The maximum absolute atomic E-state index is 13.4. The number of hydrogen-bond donors (Lipinski definition) is 2. The van der Waals surface area contributed by atoms with Gasteiger partial charge in [-0.05, 0) is 25.7 Å². The van der Waals surface area contributed by atoms with Crippen LogP contribution in [0.1, 0.15) is 44.9 Å². The summed E-state index contributed by atoms with van der Waals surface area (Å²) in [6.07, 6.45) is 3.89. The van der Waals surface area contributed by atoms with Gasteiger partial charge in [0.25, 0.3) is 0 Å². The Balaban J connectivity index is 1.19. The van der Waals surface area contributed by atoms with E-state index in [0.29, 0.717) is 43.5 Å². The van der Waals surface area contributed by atoms with Crippen molar-refractivity contribution < 1.29 is 13.6 Å². The van der Waals surface area contributed by atoms with Crippen molar-refractivity contribution in [2.24, 2.45) is 0 Å². The fraction of sp³-hybridized carbons (Fsp3) is 0.850. The van der Waals surface area contributed by atoms with Gasteiger partial charge in [0.1, 0.15) is 5.50 Å². The van der Waals surface area contributed by atoms with Gasteiger partial charge >= 0.3 is 6.03 Å². The first kappa shape index (κ1) is 19.9. The lowest BCUT2D eigenvalue weighted by Crippen LogP contribution is -2.57.